The van der Waals surface area contributed by atoms with Crippen LogP contribution in [0.25, 0.3) is 0 Å². The van der Waals surface area contributed by atoms with E-state index in [1.807, 2.05) is 5.57 Å². The third-order valence-corrected chi connectivity index (χ3v) is 13.3. The topological polar surface area (TPSA) is 37.3 Å². The largest absolute Gasteiger partial charge is 0.481 e. The number of carboxylic acids is 1. The summed E-state index contributed by atoms with van der Waals surface area (Å²) in [5.41, 5.74) is 2.47. The number of fused-ring (bicyclic) bond motifs is 7. The van der Waals surface area contributed by atoms with Gasteiger partial charge in [0.15, 0.2) is 0 Å². The molecule has 4 saturated carbocycles. The molecular formula is C30H48O2. The van der Waals surface area contributed by atoms with Crippen LogP contribution in [0.1, 0.15) is 113 Å². The van der Waals surface area contributed by atoms with Gasteiger partial charge >= 0.3 is 5.97 Å². The molecule has 2 nitrogen and oxygen atoms in total. The Morgan fingerprint density at radius 2 is 1.62 bits per heavy atom. The van der Waals surface area contributed by atoms with Gasteiger partial charge < -0.3 is 5.11 Å². The van der Waals surface area contributed by atoms with Crippen molar-refractivity contribution < 1.29 is 9.90 Å². The highest BCUT2D eigenvalue weighted by Crippen LogP contribution is 2.75. The Hall–Kier alpha value is -0.790. The molecule has 5 rings (SSSR count). The van der Waals surface area contributed by atoms with Crippen LogP contribution < -0.4 is 0 Å². The first-order chi connectivity index (χ1) is 14.8. The first kappa shape index (κ1) is 23.0. The van der Waals surface area contributed by atoms with Crippen molar-refractivity contribution in [3.05, 3.63) is 11.6 Å². The van der Waals surface area contributed by atoms with Crippen molar-refractivity contribution >= 4 is 5.97 Å². The van der Waals surface area contributed by atoms with Crippen molar-refractivity contribution in [1.29, 1.82) is 0 Å². The molecule has 0 amide bonds. The molecule has 0 heterocycles. The summed E-state index contributed by atoms with van der Waals surface area (Å²) in [7, 11) is 0. The highest BCUT2D eigenvalue weighted by molar-refractivity contribution is 5.75. The quantitative estimate of drug-likeness (QED) is 0.418. The zero-order valence-corrected chi connectivity index (χ0v) is 21.9. The summed E-state index contributed by atoms with van der Waals surface area (Å²) < 4.78 is 0. The molecule has 0 aromatic carbocycles. The predicted molar refractivity (Wildman–Crippen MR) is 131 cm³/mol. The summed E-state index contributed by atoms with van der Waals surface area (Å²) in [4.78, 5) is 12.5. The number of hydrogen-bond donors (Lipinski definition) is 1. The van der Waals surface area contributed by atoms with Crippen LogP contribution in [0.15, 0.2) is 11.6 Å². The Kier molecular flexibility index (Phi) is 4.94. The Labute approximate surface area is 197 Å². The molecule has 5 aliphatic rings. The smallest absolute Gasteiger partial charge is 0.309 e. The van der Waals surface area contributed by atoms with Crippen molar-refractivity contribution in [3.63, 3.8) is 0 Å². The van der Waals surface area contributed by atoms with Crippen molar-refractivity contribution in [3.8, 4) is 0 Å². The number of carbonyl (C=O) groups is 1. The van der Waals surface area contributed by atoms with Crippen LogP contribution in [0.4, 0.5) is 0 Å². The standard InChI is InChI=1S/C30H48O2/c1-19-11-15-26(3)17-18-29(6)21(24(26)20(19)2)9-10-23-27(4)13-8-14-28(5,25(31)32)22(27)12-16-30(23,29)7/h9,19-20,22-24H,8,10-18H2,1-7H3,(H,31,32)/t19-,20+,22-,23-,24+,26-,27+,28+,29-,30-/m1/s1. The molecule has 0 aromatic heterocycles. The van der Waals surface area contributed by atoms with E-state index in [2.05, 4.69) is 54.5 Å². The summed E-state index contributed by atoms with van der Waals surface area (Å²) in [5.74, 6) is 2.72. The summed E-state index contributed by atoms with van der Waals surface area (Å²) in [6.07, 6.45) is 14.9. The Morgan fingerprint density at radius 3 is 2.31 bits per heavy atom. The molecule has 1 N–H and O–H groups in total. The zero-order chi connectivity index (χ0) is 23.3. The molecular weight excluding hydrogens is 392 g/mol. The number of hydrogen-bond acceptors (Lipinski definition) is 1. The molecule has 2 heteroatoms. The van der Waals surface area contributed by atoms with E-state index >= 15 is 0 Å². The predicted octanol–water partition coefficient (Wildman–Crippen LogP) is 8.12. The van der Waals surface area contributed by atoms with Gasteiger partial charge in [-0.1, -0.05) is 59.6 Å². The number of allylic oxidation sites excluding steroid dienone is 2. The average molecular weight is 441 g/mol. The summed E-state index contributed by atoms with van der Waals surface area (Å²) in [6, 6.07) is 0. The van der Waals surface area contributed by atoms with Crippen LogP contribution in [-0.4, -0.2) is 11.1 Å². The first-order valence-corrected chi connectivity index (χ1v) is 13.8. The molecule has 32 heavy (non-hydrogen) atoms. The lowest BCUT2D eigenvalue weighted by atomic mass is 9.33. The average Bonchev–Trinajstić information content (AvgIpc) is 2.72. The Bertz CT molecular complexity index is 844. The summed E-state index contributed by atoms with van der Waals surface area (Å²) in [5, 5.41) is 10.2. The lowest BCUT2D eigenvalue weighted by Crippen LogP contribution is -2.64. The summed E-state index contributed by atoms with van der Waals surface area (Å²) in [6.45, 7) is 17.5. The SMILES string of the molecule is C[C@H]1[C@H](C)CC[C@]2(C)CC[C@]3(C)C(=CC[C@@H]4[C@@]5(C)CCC[C@](C)(C(=O)O)[C@@H]5CC[C@]43C)[C@H]12. The van der Waals surface area contributed by atoms with E-state index in [-0.39, 0.29) is 10.8 Å². The van der Waals surface area contributed by atoms with E-state index < -0.39 is 11.4 Å². The minimum atomic E-state index is -0.547. The van der Waals surface area contributed by atoms with Gasteiger partial charge in [0.2, 0.25) is 0 Å². The molecule has 0 saturated heterocycles. The molecule has 180 valence electrons. The lowest BCUT2D eigenvalue weighted by molar-refractivity contribution is -0.196. The molecule has 0 radical (unpaired) electrons. The maximum atomic E-state index is 12.5. The van der Waals surface area contributed by atoms with Gasteiger partial charge in [-0.25, -0.2) is 0 Å². The van der Waals surface area contributed by atoms with E-state index in [9.17, 15) is 9.90 Å². The molecule has 0 aromatic rings. The number of aliphatic carboxylic acids is 1. The van der Waals surface area contributed by atoms with E-state index in [4.69, 9.17) is 0 Å². The molecule has 0 aliphatic heterocycles. The molecule has 0 unspecified atom stereocenters. The lowest BCUT2D eigenvalue weighted by Gasteiger charge is -2.71. The van der Waals surface area contributed by atoms with Crippen LogP contribution in [-0.2, 0) is 4.79 Å². The second kappa shape index (κ2) is 6.88. The highest BCUT2D eigenvalue weighted by Gasteiger charge is 2.68. The maximum absolute atomic E-state index is 12.5. The fourth-order valence-corrected chi connectivity index (χ4v) is 10.9. The second-order valence-electron chi connectivity index (χ2n) is 14.4. The van der Waals surface area contributed by atoms with Crippen molar-refractivity contribution in [1.82, 2.24) is 0 Å². The molecule has 0 bridgehead atoms. The third kappa shape index (κ3) is 2.62. The van der Waals surface area contributed by atoms with Crippen LogP contribution in [0, 0.1) is 56.7 Å². The van der Waals surface area contributed by atoms with E-state index in [0.29, 0.717) is 22.7 Å². The van der Waals surface area contributed by atoms with Crippen molar-refractivity contribution in [2.45, 2.75) is 113 Å². The van der Waals surface area contributed by atoms with E-state index in [1.165, 1.54) is 44.9 Å². The first-order valence-electron chi connectivity index (χ1n) is 13.8. The van der Waals surface area contributed by atoms with Crippen LogP contribution in [0.2, 0.25) is 0 Å². The van der Waals surface area contributed by atoms with Gasteiger partial charge in [0.05, 0.1) is 5.41 Å². The van der Waals surface area contributed by atoms with E-state index in [0.717, 1.165) is 37.0 Å². The van der Waals surface area contributed by atoms with Crippen molar-refractivity contribution in [2.24, 2.45) is 56.7 Å². The Balaban J connectivity index is 1.59. The Morgan fingerprint density at radius 1 is 0.906 bits per heavy atom. The minimum Gasteiger partial charge on any atom is -0.481 e. The molecule has 10 atom stereocenters. The van der Waals surface area contributed by atoms with Gasteiger partial charge in [0.1, 0.15) is 0 Å². The maximum Gasteiger partial charge on any atom is 0.309 e. The molecule has 0 spiro atoms. The van der Waals surface area contributed by atoms with Gasteiger partial charge in [0, 0.05) is 0 Å². The normalized spacial score (nSPS) is 57.3. The third-order valence-electron chi connectivity index (χ3n) is 13.3. The fraction of sp³-hybridized carbons (Fsp3) is 0.900. The van der Waals surface area contributed by atoms with Gasteiger partial charge in [0.25, 0.3) is 0 Å². The second-order valence-corrected chi connectivity index (χ2v) is 14.4. The summed E-state index contributed by atoms with van der Waals surface area (Å²) >= 11 is 0. The van der Waals surface area contributed by atoms with E-state index in [1.54, 1.807) is 0 Å². The zero-order valence-electron chi connectivity index (χ0n) is 21.9. The van der Waals surface area contributed by atoms with Gasteiger partial charge in [-0.2, -0.15) is 0 Å². The van der Waals surface area contributed by atoms with Crippen molar-refractivity contribution in [2.75, 3.05) is 0 Å². The monoisotopic (exact) mass is 440 g/mol. The van der Waals surface area contributed by atoms with Gasteiger partial charge in [-0.3, -0.25) is 4.79 Å². The molecule has 4 fully saturated rings. The fourth-order valence-electron chi connectivity index (χ4n) is 10.9. The van der Waals surface area contributed by atoms with Crippen LogP contribution in [0.5, 0.6) is 0 Å². The molecule has 5 aliphatic carbocycles. The number of carboxylic acid groups (broad SMARTS) is 1. The minimum absolute atomic E-state index is 0.148. The highest BCUT2D eigenvalue weighted by atomic mass is 16.4. The van der Waals surface area contributed by atoms with Crippen LogP contribution >= 0.6 is 0 Å². The van der Waals surface area contributed by atoms with Crippen LogP contribution in [0.3, 0.4) is 0 Å². The number of rotatable bonds is 1. The van der Waals surface area contributed by atoms with Gasteiger partial charge in [-0.15, -0.1) is 0 Å². The van der Waals surface area contributed by atoms with Gasteiger partial charge in [-0.05, 0) is 116 Å².